The Morgan fingerprint density at radius 1 is 0.867 bits per heavy atom. The van der Waals surface area contributed by atoms with Crippen LogP contribution >= 0.6 is 0 Å². The number of nitrogens with one attached hydrogen (secondary N) is 1. The van der Waals surface area contributed by atoms with Crippen molar-refractivity contribution in [3.8, 4) is 11.5 Å². The first-order chi connectivity index (χ1) is 14.5. The van der Waals surface area contributed by atoms with Crippen molar-refractivity contribution in [3.05, 3.63) is 94.9 Å². The van der Waals surface area contributed by atoms with Gasteiger partial charge in [-0.05, 0) is 56.3 Å². The molecule has 0 atom stereocenters. The Kier molecular flexibility index (Phi) is 5.30. The number of carbonyl (C=O) groups is 1. The minimum Gasteiger partial charge on any atom is -0.457 e. The highest BCUT2D eigenvalue weighted by Gasteiger charge is 2.18. The highest BCUT2D eigenvalue weighted by molar-refractivity contribution is 6.11. The summed E-state index contributed by atoms with van der Waals surface area (Å²) in [5.74, 6) is 1.02. The van der Waals surface area contributed by atoms with Gasteiger partial charge in [0.1, 0.15) is 11.5 Å². The SMILES string of the molecule is CC(C)n1nc(C(=O)Nc2ccc(Oc3ccccc3)cc2)c2ccccc2c1=O. The lowest BCUT2D eigenvalue weighted by Gasteiger charge is -2.13. The third-order valence-corrected chi connectivity index (χ3v) is 4.62. The molecule has 0 saturated heterocycles. The van der Waals surface area contributed by atoms with E-state index in [1.807, 2.05) is 44.2 Å². The Morgan fingerprint density at radius 2 is 1.47 bits per heavy atom. The third-order valence-electron chi connectivity index (χ3n) is 4.62. The van der Waals surface area contributed by atoms with E-state index in [4.69, 9.17) is 4.74 Å². The van der Waals surface area contributed by atoms with E-state index in [-0.39, 0.29) is 23.2 Å². The summed E-state index contributed by atoms with van der Waals surface area (Å²) >= 11 is 0. The average Bonchev–Trinajstić information content (AvgIpc) is 2.76. The molecule has 0 radical (unpaired) electrons. The van der Waals surface area contributed by atoms with Crippen LogP contribution in [0.4, 0.5) is 5.69 Å². The van der Waals surface area contributed by atoms with Crippen molar-refractivity contribution in [2.45, 2.75) is 19.9 Å². The smallest absolute Gasteiger partial charge is 0.276 e. The van der Waals surface area contributed by atoms with Crippen LogP contribution in [-0.4, -0.2) is 15.7 Å². The van der Waals surface area contributed by atoms with E-state index >= 15 is 0 Å². The number of hydrogen-bond donors (Lipinski definition) is 1. The molecule has 1 heterocycles. The van der Waals surface area contributed by atoms with Crippen LogP contribution in [0.2, 0.25) is 0 Å². The highest BCUT2D eigenvalue weighted by atomic mass is 16.5. The average molecular weight is 399 g/mol. The fraction of sp³-hybridized carbons (Fsp3) is 0.125. The molecule has 1 aromatic heterocycles. The van der Waals surface area contributed by atoms with Gasteiger partial charge in [0.05, 0.1) is 11.4 Å². The summed E-state index contributed by atoms with van der Waals surface area (Å²) in [5, 5.41) is 8.19. The topological polar surface area (TPSA) is 73.2 Å². The van der Waals surface area contributed by atoms with Gasteiger partial charge in [0, 0.05) is 11.1 Å². The van der Waals surface area contributed by atoms with Gasteiger partial charge in [-0.15, -0.1) is 0 Å². The van der Waals surface area contributed by atoms with Gasteiger partial charge in [0.25, 0.3) is 11.5 Å². The molecule has 0 bridgehead atoms. The number of amides is 1. The second-order valence-corrected chi connectivity index (χ2v) is 7.13. The number of fused-ring (bicyclic) bond motifs is 1. The van der Waals surface area contributed by atoms with Gasteiger partial charge in [0.15, 0.2) is 5.69 Å². The van der Waals surface area contributed by atoms with Gasteiger partial charge in [-0.1, -0.05) is 36.4 Å². The van der Waals surface area contributed by atoms with Crippen molar-refractivity contribution < 1.29 is 9.53 Å². The van der Waals surface area contributed by atoms with Gasteiger partial charge >= 0.3 is 0 Å². The molecule has 6 heteroatoms. The number of carbonyl (C=O) groups excluding carboxylic acids is 1. The lowest BCUT2D eigenvalue weighted by molar-refractivity contribution is 0.102. The molecule has 4 aromatic rings. The molecule has 0 aliphatic heterocycles. The van der Waals surface area contributed by atoms with Crippen LogP contribution in [0, 0.1) is 0 Å². The molecule has 1 amide bonds. The lowest BCUT2D eigenvalue weighted by Crippen LogP contribution is -2.28. The number of nitrogens with zero attached hydrogens (tertiary/aromatic N) is 2. The Balaban J connectivity index is 1.60. The van der Waals surface area contributed by atoms with Gasteiger partial charge in [-0.3, -0.25) is 9.59 Å². The molecule has 0 spiro atoms. The van der Waals surface area contributed by atoms with Crippen LogP contribution < -0.4 is 15.6 Å². The molecule has 30 heavy (non-hydrogen) atoms. The maximum Gasteiger partial charge on any atom is 0.276 e. The van der Waals surface area contributed by atoms with Crippen LogP contribution in [0.5, 0.6) is 11.5 Å². The number of benzene rings is 3. The summed E-state index contributed by atoms with van der Waals surface area (Å²) in [4.78, 5) is 25.6. The molecular formula is C24H21N3O3. The molecule has 0 aliphatic carbocycles. The Labute approximate surface area is 173 Å². The fourth-order valence-corrected chi connectivity index (χ4v) is 3.15. The van der Waals surface area contributed by atoms with Crippen LogP contribution in [0.1, 0.15) is 30.4 Å². The quantitative estimate of drug-likeness (QED) is 0.511. The maximum absolute atomic E-state index is 13.0. The predicted molar refractivity (Wildman–Crippen MR) is 117 cm³/mol. The molecule has 0 aliphatic rings. The first-order valence-corrected chi connectivity index (χ1v) is 9.69. The molecule has 6 nitrogen and oxygen atoms in total. The summed E-state index contributed by atoms with van der Waals surface area (Å²) in [6.45, 7) is 3.71. The lowest BCUT2D eigenvalue weighted by atomic mass is 10.1. The fourth-order valence-electron chi connectivity index (χ4n) is 3.15. The van der Waals surface area contributed by atoms with Crippen molar-refractivity contribution in [1.29, 1.82) is 0 Å². The summed E-state index contributed by atoms with van der Waals surface area (Å²) < 4.78 is 7.11. The van der Waals surface area contributed by atoms with Crippen molar-refractivity contribution in [3.63, 3.8) is 0 Å². The van der Waals surface area contributed by atoms with Gasteiger partial charge in [0.2, 0.25) is 0 Å². The van der Waals surface area contributed by atoms with Gasteiger partial charge < -0.3 is 10.1 Å². The Morgan fingerprint density at radius 3 is 2.13 bits per heavy atom. The Hall–Kier alpha value is -3.93. The number of rotatable bonds is 5. The molecule has 3 aromatic carbocycles. The van der Waals surface area contributed by atoms with Crippen LogP contribution in [0.15, 0.2) is 83.7 Å². The number of hydrogen-bond acceptors (Lipinski definition) is 4. The number of aromatic nitrogens is 2. The second kappa shape index (κ2) is 8.21. The number of para-hydroxylation sites is 1. The first kappa shape index (κ1) is 19.4. The highest BCUT2D eigenvalue weighted by Crippen LogP contribution is 2.23. The predicted octanol–water partition coefficient (Wildman–Crippen LogP) is 5.02. The number of anilines is 1. The van der Waals surface area contributed by atoms with Crippen molar-refractivity contribution in [1.82, 2.24) is 9.78 Å². The summed E-state index contributed by atoms with van der Waals surface area (Å²) in [6.07, 6.45) is 0. The summed E-state index contributed by atoms with van der Waals surface area (Å²) in [6, 6.07) is 23.4. The van der Waals surface area contributed by atoms with E-state index < -0.39 is 0 Å². The van der Waals surface area contributed by atoms with Gasteiger partial charge in [-0.25, -0.2) is 4.68 Å². The maximum atomic E-state index is 13.0. The molecule has 0 saturated carbocycles. The van der Waals surface area contributed by atoms with E-state index in [2.05, 4.69) is 10.4 Å². The minimum atomic E-state index is -0.377. The van der Waals surface area contributed by atoms with Crippen LogP contribution in [0.3, 0.4) is 0 Å². The first-order valence-electron chi connectivity index (χ1n) is 9.69. The third kappa shape index (κ3) is 3.93. The molecule has 1 N–H and O–H groups in total. The standard InChI is InChI=1S/C24H21N3O3/c1-16(2)27-24(29)21-11-7-6-10-20(21)22(26-27)23(28)25-17-12-14-19(15-13-17)30-18-8-4-3-5-9-18/h3-16H,1-2H3,(H,25,28). The number of ether oxygens (including phenoxy) is 1. The monoisotopic (exact) mass is 399 g/mol. The van der Waals surface area contributed by atoms with E-state index in [9.17, 15) is 9.59 Å². The molecule has 4 rings (SSSR count). The molecule has 0 unspecified atom stereocenters. The summed E-state index contributed by atoms with van der Waals surface area (Å²) in [5.41, 5.74) is 0.608. The van der Waals surface area contributed by atoms with E-state index in [1.165, 1.54) is 4.68 Å². The second-order valence-electron chi connectivity index (χ2n) is 7.13. The molecule has 150 valence electrons. The van der Waals surface area contributed by atoms with Gasteiger partial charge in [-0.2, -0.15) is 5.10 Å². The molecule has 0 fully saturated rings. The van der Waals surface area contributed by atoms with Crippen LogP contribution in [0.25, 0.3) is 10.8 Å². The van der Waals surface area contributed by atoms with Crippen molar-refractivity contribution >= 4 is 22.4 Å². The van der Waals surface area contributed by atoms with Crippen LogP contribution in [-0.2, 0) is 0 Å². The minimum absolute atomic E-state index is 0.164. The zero-order chi connectivity index (χ0) is 21.1. The molecular weight excluding hydrogens is 378 g/mol. The summed E-state index contributed by atoms with van der Waals surface area (Å²) in [7, 11) is 0. The Bertz CT molecular complexity index is 1250. The van der Waals surface area contributed by atoms with Crippen molar-refractivity contribution in [2.75, 3.05) is 5.32 Å². The van der Waals surface area contributed by atoms with E-state index in [0.29, 0.717) is 22.2 Å². The van der Waals surface area contributed by atoms with E-state index in [0.717, 1.165) is 5.75 Å². The van der Waals surface area contributed by atoms with Crippen molar-refractivity contribution in [2.24, 2.45) is 0 Å². The largest absolute Gasteiger partial charge is 0.457 e. The normalized spacial score (nSPS) is 10.9. The van der Waals surface area contributed by atoms with E-state index in [1.54, 1.807) is 48.5 Å². The zero-order valence-electron chi connectivity index (χ0n) is 16.7. The zero-order valence-corrected chi connectivity index (χ0v) is 16.7.